The van der Waals surface area contributed by atoms with Crippen LogP contribution in [0.5, 0.6) is 11.5 Å². The van der Waals surface area contributed by atoms with E-state index in [1.807, 2.05) is 24.3 Å². The van der Waals surface area contributed by atoms with E-state index in [1.165, 1.54) is 11.1 Å². The third kappa shape index (κ3) is 11.0. The molecule has 0 amide bonds. The fourth-order valence-corrected chi connectivity index (χ4v) is 9.42. The number of fused-ring (bicyclic) bond motifs is 4. The van der Waals surface area contributed by atoms with Crippen LogP contribution < -0.4 is 9.47 Å². The van der Waals surface area contributed by atoms with E-state index in [0.29, 0.717) is 106 Å². The van der Waals surface area contributed by atoms with E-state index in [0.717, 1.165) is 59.2 Å². The van der Waals surface area contributed by atoms with Crippen LogP contribution in [0.15, 0.2) is 91.0 Å². The molecule has 9 nitrogen and oxygen atoms in total. The molecule has 0 atom stereocenters. The van der Waals surface area contributed by atoms with Crippen molar-refractivity contribution in [1.29, 1.82) is 0 Å². The van der Waals surface area contributed by atoms with Crippen LogP contribution in [0, 0.1) is 11.8 Å². The largest absolute Gasteiger partial charge is 0.462 e. The lowest BCUT2D eigenvalue weighted by Crippen LogP contribution is -2.30. The van der Waals surface area contributed by atoms with Gasteiger partial charge in [0.1, 0.15) is 23.5 Å². The molecule has 0 spiro atoms. The van der Waals surface area contributed by atoms with Crippen LogP contribution in [-0.2, 0) is 60.8 Å². The number of ether oxygens (including phenoxy) is 4. The summed E-state index contributed by atoms with van der Waals surface area (Å²) in [6.45, 7) is 4.33. The molecule has 2 saturated carbocycles. The van der Waals surface area contributed by atoms with Gasteiger partial charge in [-0.15, -0.1) is 0 Å². The summed E-state index contributed by atoms with van der Waals surface area (Å²) < 4.78 is 23.9. The second-order valence-electron chi connectivity index (χ2n) is 17.7. The first-order valence-corrected chi connectivity index (χ1v) is 23.3. The highest BCUT2D eigenvalue weighted by Gasteiger charge is 2.33. The highest BCUT2D eigenvalue weighted by molar-refractivity contribution is 5.97. The Hall–Kier alpha value is -5.83. The van der Waals surface area contributed by atoms with Crippen LogP contribution in [-0.4, -0.2) is 41.1 Å². The zero-order valence-corrected chi connectivity index (χ0v) is 36.7. The van der Waals surface area contributed by atoms with Gasteiger partial charge >= 0.3 is 23.9 Å². The van der Waals surface area contributed by atoms with Crippen molar-refractivity contribution in [3.63, 3.8) is 0 Å². The van der Waals surface area contributed by atoms with E-state index in [2.05, 4.69) is 68.4 Å². The Kier molecular flexibility index (Phi) is 14.3. The molecule has 1 aromatic heterocycles. The maximum Gasteiger partial charge on any atom is 0.314 e. The Morgan fingerprint density at radius 2 is 1.00 bits per heavy atom. The molecule has 328 valence electrons. The number of aromatic nitrogens is 1. The second-order valence-corrected chi connectivity index (χ2v) is 17.7. The predicted octanol–water partition coefficient (Wildman–Crippen LogP) is 11.0. The van der Waals surface area contributed by atoms with Gasteiger partial charge in [-0.05, 0) is 129 Å². The number of benzene rings is 4. The summed E-state index contributed by atoms with van der Waals surface area (Å²) in [5, 5.41) is 0.607. The van der Waals surface area contributed by atoms with Crippen molar-refractivity contribution in [3.8, 4) is 22.8 Å². The van der Waals surface area contributed by atoms with E-state index in [-0.39, 0.29) is 47.9 Å². The van der Waals surface area contributed by atoms with Gasteiger partial charge in [0.25, 0.3) is 0 Å². The van der Waals surface area contributed by atoms with Gasteiger partial charge in [-0.25, -0.2) is 4.98 Å². The van der Waals surface area contributed by atoms with Crippen LogP contribution in [0.3, 0.4) is 0 Å². The van der Waals surface area contributed by atoms with E-state index >= 15 is 0 Å². The van der Waals surface area contributed by atoms with E-state index in [9.17, 15) is 19.2 Å². The van der Waals surface area contributed by atoms with Crippen LogP contribution in [0.1, 0.15) is 124 Å². The number of hydrogen-bond donors (Lipinski definition) is 0. The topological polar surface area (TPSA) is 118 Å². The Labute approximate surface area is 370 Å². The number of esters is 4. The fraction of sp³-hybridized carbons (Fsp3) is 0.426. The van der Waals surface area contributed by atoms with Crippen molar-refractivity contribution in [1.82, 2.24) is 4.98 Å². The summed E-state index contributed by atoms with van der Waals surface area (Å²) in [5.74, 6) is -1.10. The van der Waals surface area contributed by atoms with Crippen molar-refractivity contribution >= 4 is 34.8 Å². The third-order valence-electron chi connectivity index (χ3n) is 13.0. The molecule has 8 rings (SSSR count). The summed E-state index contributed by atoms with van der Waals surface area (Å²) in [4.78, 5) is 58.0. The van der Waals surface area contributed by atoms with Gasteiger partial charge in [0.2, 0.25) is 0 Å². The summed E-state index contributed by atoms with van der Waals surface area (Å²) >= 11 is 0. The monoisotopic (exact) mass is 849 g/mol. The standard InChI is InChI=1S/C54H59NO8/c1-3-7-35-11-15-37(16-12-35)19-31-49(56)60-43-25-21-39(22-26-43)53(58)62-47-29-30-48(52-46(47)34-42-33-41-9-5-6-10-45(41)51(42)55-52)63-54(59)40-23-27-44(28-24-40)61-50(57)32-20-38-17-13-36(8-4-2)14-18-38/h5-6,9-18,29-30,34,39-40,43-44H,3-4,7-8,19-28,31-33H2,1-2H3/t39-,40-,43-,44-. The maximum absolute atomic E-state index is 13.7. The number of aryl methyl sites for hydroxylation is 4. The molecule has 9 heteroatoms. The van der Waals surface area contributed by atoms with Gasteiger partial charge in [-0.1, -0.05) is 99.5 Å². The minimum atomic E-state index is -0.349. The SMILES string of the molecule is CCCc1ccc(CCC(=O)O[C@H]2CC[C@H](C(=O)Oc3ccc(OC(=O)[C@H]4CC[C@H](OC(=O)CCc5ccc(CCC)cc5)CC4)c4nc5c(cc34)Cc3ccccc3-5)CC2)cc1. The summed E-state index contributed by atoms with van der Waals surface area (Å²) in [7, 11) is 0. The van der Waals surface area contributed by atoms with Crippen molar-refractivity contribution in [2.45, 2.75) is 135 Å². The fourth-order valence-electron chi connectivity index (χ4n) is 9.42. The van der Waals surface area contributed by atoms with E-state index in [4.69, 9.17) is 23.9 Å². The van der Waals surface area contributed by atoms with E-state index < -0.39 is 0 Å². The summed E-state index contributed by atoms with van der Waals surface area (Å²) in [6.07, 6.45) is 11.1. The number of rotatable bonds is 16. The molecule has 0 aliphatic heterocycles. The van der Waals surface area contributed by atoms with Crippen LogP contribution in [0.2, 0.25) is 0 Å². The molecular formula is C54H59NO8. The van der Waals surface area contributed by atoms with Crippen molar-refractivity contribution in [3.05, 3.63) is 124 Å². The van der Waals surface area contributed by atoms with Gasteiger partial charge < -0.3 is 18.9 Å². The maximum atomic E-state index is 13.7. The Balaban J connectivity index is 0.864. The molecule has 0 unspecified atom stereocenters. The van der Waals surface area contributed by atoms with Crippen molar-refractivity contribution in [2.75, 3.05) is 0 Å². The Bertz CT molecular complexity index is 2410. The molecule has 0 radical (unpaired) electrons. The lowest BCUT2D eigenvalue weighted by atomic mass is 9.87. The third-order valence-corrected chi connectivity index (χ3v) is 13.0. The molecule has 1 heterocycles. The molecule has 3 aliphatic carbocycles. The second kappa shape index (κ2) is 20.6. The first-order valence-electron chi connectivity index (χ1n) is 23.3. The molecule has 0 saturated heterocycles. The smallest absolute Gasteiger partial charge is 0.314 e. The molecule has 3 aliphatic rings. The van der Waals surface area contributed by atoms with Crippen LogP contribution in [0.4, 0.5) is 0 Å². The van der Waals surface area contributed by atoms with Crippen LogP contribution in [0.25, 0.3) is 22.2 Å². The number of pyridine rings is 1. The average Bonchev–Trinajstić information content (AvgIpc) is 3.67. The molecular weight excluding hydrogens is 791 g/mol. The van der Waals surface area contributed by atoms with Gasteiger partial charge in [-0.2, -0.15) is 0 Å². The minimum absolute atomic E-state index is 0.211. The van der Waals surface area contributed by atoms with E-state index in [1.54, 1.807) is 12.1 Å². The zero-order valence-electron chi connectivity index (χ0n) is 36.7. The average molecular weight is 850 g/mol. The molecule has 63 heavy (non-hydrogen) atoms. The zero-order chi connectivity index (χ0) is 43.7. The first-order chi connectivity index (χ1) is 30.7. The number of nitrogens with zero attached hydrogens (tertiary/aromatic N) is 1. The molecule has 0 bridgehead atoms. The lowest BCUT2D eigenvalue weighted by Gasteiger charge is -2.27. The highest BCUT2D eigenvalue weighted by atomic mass is 16.6. The lowest BCUT2D eigenvalue weighted by molar-refractivity contribution is -0.153. The summed E-state index contributed by atoms with van der Waals surface area (Å²) in [6, 6.07) is 30.4. The van der Waals surface area contributed by atoms with Gasteiger partial charge in [0.15, 0.2) is 5.75 Å². The van der Waals surface area contributed by atoms with Gasteiger partial charge in [0.05, 0.1) is 17.5 Å². The molecule has 4 aromatic carbocycles. The van der Waals surface area contributed by atoms with Crippen molar-refractivity contribution in [2.24, 2.45) is 11.8 Å². The normalized spacial score (nSPS) is 19.1. The van der Waals surface area contributed by atoms with Gasteiger partial charge in [0, 0.05) is 30.2 Å². The number of hydrogen-bond acceptors (Lipinski definition) is 9. The Morgan fingerprint density at radius 1 is 0.540 bits per heavy atom. The highest BCUT2D eigenvalue weighted by Crippen LogP contribution is 2.42. The quantitative estimate of drug-likeness (QED) is 0.0693. The number of carbonyl (C=O) groups is 4. The molecule has 2 fully saturated rings. The van der Waals surface area contributed by atoms with Crippen molar-refractivity contribution < 1.29 is 38.1 Å². The predicted molar refractivity (Wildman–Crippen MR) is 242 cm³/mol. The van der Waals surface area contributed by atoms with Gasteiger partial charge in [-0.3, -0.25) is 19.2 Å². The Morgan fingerprint density at radius 3 is 1.51 bits per heavy atom. The number of carbonyl (C=O) groups excluding carboxylic acids is 4. The summed E-state index contributed by atoms with van der Waals surface area (Å²) in [5.41, 5.74) is 9.34. The van der Waals surface area contributed by atoms with Crippen LogP contribution >= 0.6 is 0 Å². The minimum Gasteiger partial charge on any atom is -0.462 e. The molecule has 0 N–H and O–H groups in total. The molecule has 5 aromatic rings. The first kappa shape index (κ1) is 43.8.